The number of fused-ring (bicyclic) bond motifs is 1. The van der Waals surface area contributed by atoms with Gasteiger partial charge in [0.25, 0.3) is 0 Å². The molecule has 0 fully saturated rings. The third-order valence-corrected chi connectivity index (χ3v) is 6.04. The first-order chi connectivity index (χ1) is 8.43. The standard InChI is InChI=1S/C14H20ClNOS/c1-8(2)16-13-9(3)10(4)18(17)14-11(13)6-5-7-12(14)15/h5-10,13,16H,1-4H3. The van der Waals surface area contributed by atoms with Crippen molar-refractivity contribution in [1.82, 2.24) is 5.32 Å². The van der Waals surface area contributed by atoms with Crippen molar-refractivity contribution in [2.45, 2.75) is 49.9 Å². The highest BCUT2D eigenvalue weighted by atomic mass is 35.5. The molecule has 0 aliphatic carbocycles. The van der Waals surface area contributed by atoms with Gasteiger partial charge in [-0.2, -0.15) is 0 Å². The molecule has 0 bridgehead atoms. The molecule has 0 saturated carbocycles. The second-order valence-corrected chi connectivity index (χ2v) is 7.47. The molecule has 2 rings (SSSR count). The SMILES string of the molecule is CC(C)NC1c2cccc(Cl)c2S(=O)C(C)C1C. The Morgan fingerprint density at radius 1 is 1.33 bits per heavy atom. The number of hydrogen-bond acceptors (Lipinski definition) is 2. The minimum Gasteiger partial charge on any atom is -0.307 e. The highest BCUT2D eigenvalue weighted by Gasteiger charge is 2.37. The summed E-state index contributed by atoms with van der Waals surface area (Å²) in [4.78, 5) is 0.822. The quantitative estimate of drug-likeness (QED) is 0.901. The molecule has 1 heterocycles. The normalized spacial score (nSPS) is 31.4. The first-order valence-electron chi connectivity index (χ1n) is 6.38. The van der Waals surface area contributed by atoms with E-state index in [-0.39, 0.29) is 11.3 Å². The molecule has 1 aromatic rings. The van der Waals surface area contributed by atoms with Gasteiger partial charge in [0.2, 0.25) is 0 Å². The number of hydrogen-bond donors (Lipinski definition) is 1. The van der Waals surface area contributed by atoms with Gasteiger partial charge in [0.05, 0.1) is 20.7 Å². The average molecular weight is 286 g/mol. The van der Waals surface area contributed by atoms with Crippen LogP contribution in [0.25, 0.3) is 0 Å². The maximum Gasteiger partial charge on any atom is 0.0625 e. The van der Waals surface area contributed by atoms with Crippen LogP contribution in [0.3, 0.4) is 0 Å². The fourth-order valence-corrected chi connectivity index (χ4v) is 4.53. The van der Waals surface area contributed by atoms with Crippen LogP contribution in [-0.2, 0) is 10.8 Å². The van der Waals surface area contributed by atoms with Crippen molar-refractivity contribution in [3.8, 4) is 0 Å². The number of halogens is 1. The van der Waals surface area contributed by atoms with E-state index in [4.69, 9.17) is 11.6 Å². The molecular formula is C14H20ClNOS. The minimum atomic E-state index is -1.01. The molecule has 0 radical (unpaired) electrons. The topological polar surface area (TPSA) is 29.1 Å². The lowest BCUT2D eigenvalue weighted by molar-refractivity contribution is 0.343. The Kier molecular flexibility index (Phi) is 4.15. The third kappa shape index (κ3) is 2.36. The summed E-state index contributed by atoms with van der Waals surface area (Å²) in [6.45, 7) is 8.47. The smallest absolute Gasteiger partial charge is 0.0625 e. The van der Waals surface area contributed by atoms with Gasteiger partial charge in [0.15, 0.2) is 0 Å². The Balaban J connectivity index is 2.53. The Morgan fingerprint density at radius 3 is 2.61 bits per heavy atom. The van der Waals surface area contributed by atoms with Gasteiger partial charge in [0.1, 0.15) is 0 Å². The molecule has 100 valence electrons. The van der Waals surface area contributed by atoms with Crippen molar-refractivity contribution >= 4 is 22.4 Å². The molecule has 1 aliphatic rings. The van der Waals surface area contributed by atoms with E-state index in [9.17, 15) is 4.21 Å². The second kappa shape index (κ2) is 5.32. The first kappa shape index (κ1) is 14.0. The zero-order valence-corrected chi connectivity index (χ0v) is 12.8. The molecule has 4 atom stereocenters. The summed E-state index contributed by atoms with van der Waals surface area (Å²) in [5.74, 6) is 0.333. The van der Waals surface area contributed by atoms with Gasteiger partial charge in [-0.25, -0.2) is 0 Å². The average Bonchev–Trinajstić information content (AvgIpc) is 2.31. The zero-order valence-electron chi connectivity index (χ0n) is 11.2. The van der Waals surface area contributed by atoms with Gasteiger partial charge >= 0.3 is 0 Å². The summed E-state index contributed by atoms with van der Waals surface area (Å²) >= 11 is 6.23. The van der Waals surface area contributed by atoms with Crippen LogP contribution in [-0.4, -0.2) is 15.5 Å². The van der Waals surface area contributed by atoms with Gasteiger partial charge in [-0.1, -0.05) is 51.4 Å². The molecule has 2 nitrogen and oxygen atoms in total. The van der Waals surface area contributed by atoms with Gasteiger partial charge < -0.3 is 5.32 Å². The van der Waals surface area contributed by atoms with Crippen molar-refractivity contribution in [2.75, 3.05) is 0 Å². The fourth-order valence-electron chi connectivity index (χ4n) is 2.52. The first-order valence-corrected chi connectivity index (χ1v) is 7.97. The van der Waals surface area contributed by atoms with E-state index in [0.717, 1.165) is 10.5 Å². The van der Waals surface area contributed by atoms with Crippen molar-refractivity contribution in [3.63, 3.8) is 0 Å². The molecular weight excluding hydrogens is 266 g/mol. The molecule has 18 heavy (non-hydrogen) atoms. The van der Waals surface area contributed by atoms with Crippen molar-refractivity contribution in [3.05, 3.63) is 28.8 Å². The van der Waals surface area contributed by atoms with E-state index in [2.05, 4.69) is 26.1 Å². The van der Waals surface area contributed by atoms with Crippen LogP contribution in [0.2, 0.25) is 5.02 Å². The van der Waals surface area contributed by atoms with Gasteiger partial charge in [-0.3, -0.25) is 4.21 Å². The number of nitrogens with one attached hydrogen (secondary N) is 1. The van der Waals surface area contributed by atoms with Crippen LogP contribution in [0.5, 0.6) is 0 Å². The van der Waals surface area contributed by atoms with Crippen LogP contribution in [0.4, 0.5) is 0 Å². The number of rotatable bonds is 2. The summed E-state index contributed by atoms with van der Waals surface area (Å²) < 4.78 is 12.5. The van der Waals surface area contributed by atoms with Crippen LogP contribution >= 0.6 is 11.6 Å². The van der Waals surface area contributed by atoms with Crippen LogP contribution in [0, 0.1) is 5.92 Å². The molecule has 1 aromatic carbocycles. The van der Waals surface area contributed by atoms with Crippen molar-refractivity contribution < 1.29 is 4.21 Å². The maximum atomic E-state index is 12.5. The Morgan fingerprint density at radius 2 is 2.00 bits per heavy atom. The third-order valence-electron chi connectivity index (χ3n) is 3.65. The molecule has 4 unspecified atom stereocenters. The molecule has 0 amide bonds. The highest BCUT2D eigenvalue weighted by Crippen LogP contribution is 2.41. The van der Waals surface area contributed by atoms with E-state index < -0.39 is 10.8 Å². The Hall–Kier alpha value is -0.380. The lowest BCUT2D eigenvalue weighted by atomic mass is 9.91. The maximum absolute atomic E-state index is 12.5. The number of benzene rings is 1. The Bertz CT molecular complexity index is 475. The van der Waals surface area contributed by atoms with Crippen molar-refractivity contribution in [1.29, 1.82) is 0 Å². The van der Waals surface area contributed by atoms with E-state index in [1.54, 1.807) is 0 Å². The monoisotopic (exact) mass is 285 g/mol. The molecule has 0 aromatic heterocycles. The fraction of sp³-hybridized carbons (Fsp3) is 0.571. The highest BCUT2D eigenvalue weighted by molar-refractivity contribution is 7.86. The zero-order chi connectivity index (χ0) is 13.4. The summed E-state index contributed by atoms with van der Waals surface area (Å²) in [6.07, 6.45) is 0. The largest absolute Gasteiger partial charge is 0.307 e. The van der Waals surface area contributed by atoms with Crippen LogP contribution < -0.4 is 5.32 Å². The predicted molar refractivity (Wildman–Crippen MR) is 77.5 cm³/mol. The minimum absolute atomic E-state index is 0.119. The summed E-state index contributed by atoms with van der Waals surface area (Å²) in [6, 6.07) is 6.43. The summed E-state index contributed by atoms with van der Waals surface area (Å²) in [5, 5.41) is 4.32. The molecule has 0 spiro atoms. The van der Waals surface area contributed by atoms with Crippen LogP contribution in [0.15, 0.2) is 23.1 Å². The van der Waals surface area contributed by atoms with E-state index in [1.807, 2.05) is 25.1 Å². The van der Waals surface area contributed by atoms with Gasteiger partial charge in [-0.05, 0) is 17.5 Å². The molecule has 4 heteroatoms. The van der Waals surface area contributed by atoms with Gasteiger partial charge in [-0.15, -0.1) is 0 Å². The lowest BCUT2D eigenvalue weighted by Crippen LogP contribution is -2.41. The predicted octanol–water partition coefficient (Wildman–Crippen LogP) is 3.52. The summed E-state index contributed by atoms with van der Waals surface area (Å²) in [7, 11) is -1.01. The Labute approximate surface area is 117 Å². The van der Waals surface area contributed by atoms with Crippen molar-refractivity contribution in [2.24, 2.45) is 5.92 Å². The lowest BCUT2D eigenvalue weighted by Gasteiger charge is -2.37. The van der Waals surface area contributed by atoms with E-state index in [0.29, 0.717) is 17.0 Å². The molecule has 0 saturated heterocycles. The van der Waals surface area contributed by atoms with E-state index in [1.165, 1.54) is 0 Å². The van der Waals surface area contributed by atoms with E-state index >= 15 is 0 Å². The van der Waals surface area contributed by atoms with Crippen LogP contribution in [0.1, 0.15) is 39.3 Å². The molecule has 1 N–H and O–H groups in total. The molecule has 1 aliphatic heterocycles. The van der Waals surface area contributed by atoms with Gasteiger partial charge in [0, 0.05) is 17.3 Å². The summed E-state index contributed by atoms with van der Waals surface area (Å²) in [5.41, 5.74) is 1.10. The second-order valence-electron chi connectivity index (χ2n) is 5.32.